The summed E-state index contributed by atoms with van der Waals surface area (Å²) in [6, 6.07) is 4.38. The number of rotatable bonds is 4. The minimum atomic E-state index is -0.349. The van der Waals surface area contributed by atoms with Crippen LogP contribution >= 0.6 is 0 Å². The molecule has 1 aliphatic rings. The van der Waals surface area contributed by atoms with Crippen LogP contribution in [-0.2, 0) is 0 Å². The van der Waals surface area contributed by atoms with Crippen molar-refractivity contribution in [2.24, 2.45) is 16.8 Å². The molecule has 1 aromatic carbocycles. The van der Waals surface area contributed by atoms with Crippen molar-refractivity contribution in [2.75, 3.05) is 13.6 Å². The molecule has 0 atom stereocenters. The third-order valence-corrected chi connectivity index (χ3v) is 4.40. The van der Waals surface area contributed by atoms with E-state index in [1.807, 2.05) is 6.21 Å². The number of amides is 2. The van der Waals surface area contributed by atoms with Crippen LogP contribution in [0.3, 0.4) is 0 Å². The van der Waals surface area contributed by atoms with Gasteiger partial charge in [0.1, 0.15) is 11.3 Å². The number of nitrogens with zero attached hydrogens (tertiary/aromatic N) is 2. The van der Waals surface area contributed by atoms with Crippen molar-refractivity contribution in [3.05, 3.63) is 24.0 Å². The molecule has 0 spiro atoms. The highest BCUT2D eigenvalue weighted by Gasteiger charge is 2.20. The molecule has 6 nitrogen and oxygen atoms in total. The van der Waals surface area contributed by atoms with Gasteiger partial charge < -0.3 is 15.1 Å². The van der Waals surface area contributed by atoms with Gasteiger partial charge in [0.2, 0.25) is 0 Å². The zero-order valence-corrected chi connectivity index (χ0v) is 13.6. The average Bonchev–Trinajstić information content (AvgIpc) is 3.00. The summed E-state index contributed by atoms with van der Waals surface area (Å²) >= 11 is 0. The van der Waals surface area contributed by atoms with Gasteiger partial charge in [-0.1, -0.05) is 0 Å². The summed E-state index contributed by atoms with van der Waals surface area (Å²) in [4.78, 5) is 19.7. The van der Waals surface area contributed by atoms with E-state index in [0.29, 0.717) is 29.5 Å². The van der Waals surface area contributed by atoms with Crippen LogP contribution in [0.25, 0.3) is 11.1 Å². The van der Waals surface area contributed by atoms with Crippen LogP contribution in [0, 0.1) is 17.7 Å². The summed E-state index contributed by atoms with van der Waals surface area (Å²) in [7, 11) is 1.61. The molecule has 1 saturated carbocycles. The van der Waals surface area contributed by atoms with Crippen LogP contribution in [0.5, 0.6) is 0 Å². The van der Waals surface area contributed by atoms with E-state index >= 15 is 0 Å². The molecule has 1 aromatic heterocycles. The maximum absolute atomic E-state index is 13.1. The van der Waals surface area contributed by atoms with Gasteiger partial charge in [-0.2, -0.15) is 4.98 Å². The zero-order chi connectivity index (χ0) is 16.9. The summed E-state index contributed by atoms with van der Waals surface area (Å²) in [5.74, 6) is 0.546. The lowest BCUT2D eigenvalue weighted by molar-refractivity contribution is 0.237. The summed E-state index contributed by atoms with van der Waals surface area (Å²) in [5.41, 5.74) is 1.01. The number of carbonyl (C=O) groups excluding carboxylic acids is 1. The molecule has 0 bridgehead atoms. The number of oxazole rings is 1. The van der Waals surface area contributed by atoms with Gasteiger partial charge in [0, 0.05) is 25.9 Å². The fourth-order valence-corrected chi connectivity index (χ4v) is 2.98. The highest BCUT2D eigenvalue weighted by Crippen LogP contribution is 2.28. The van der Waals surface area contributed by atoms with Crippen LogP contribution < -0.4 is 10.6 Å². The van der Waals surface area contributed by atoms with Crippen molar-refractivity contribution < 1.29 is 13.6 Å². The van der Waals surface area contributed by atoms with Gasteiger partial charge in [0.25, 0.3) is 0 Å². The maximum atomic E-state index is 13.1. The average molecular weight is 332 g/mol. The Morgan fingerprint density at radius 3 is 2.96 bits per heavy atom. The predicted octanol–water partition coefficient (Wildman–Crippen LogP) is 3.40. The van der Waals surface area contributed by atoms with Crippen LogP contribution in [-0.4, -0.2) is 30.8 Å². The monoisotopic (exact) mass is 332 g/mol. The number of carbonyl (C=O) groups is 1. The third kappa shape index (κ3) is 4.10. The van der Waals surface area contributed by atoms with Crippen molar-refractivity contribution in [3.63, 3.8) is 0 Å². The van der Waals surface area contributed by atoms with Gasteiger partial charge in [-0.05, 0) is 49.7 Å². The van der Waals surface area contributed by atoms with Crippen molar-refractivity contribution in [1.82, 2.24) is 15.6 Å². The van der Waals surface area contributed by atoms with E-state index in [0.717, 1.165) is 25.7 Å². The van der Waals surface area contributed by atoms with Crippen LogP contribution in [0.4, 0.5) is 15.2 Å². The Morgan fingerprint density at radius 2 is 2.21 bits per heavy atom. The fraction of sp³-hybridized carbons (Fsp3) is 0.471. The Kier molecular flexibility index (Phi) is 5.08. The molecule has 1 aliphatic carbocycles. The molecule has 2 N–H and O–H groups in total. The second-order valence-corrected chi connectivity index (χ2v) is 6.13. The van der Waals surface area contributed by atoms with Crippen LogP contribution in [0.1, 0.15) is 25.7 Å². The molecule has 0 saturated heterocycles. The highest BCUT2D eigenvalue weighted by molar-refractivity contribution is 5.75. The standard InChI is InChI=1S/C17H21FN4O2/c1-19-16(23)20-9-11-2-4-12(5-3-11)10-21-17-22-14-7-6-13(18)8-15(14)24-17/h6-8,10-12H,2-5,9H2,1H3,(H2,19,20,23)/b21-10+. The molecule has 24 heavy (non-hydrogen) atoms. The minimum Gasteiger partial charge on any atom is -0.422 e. The van der Waals surface area contributed by atoms with Crippen molar-refractivity contribution in [3.8, 4) is 0 Å². The summed E-state index contributed by atoms with van der Waals surface area (Å²) in [6.07, 6.45) is 6.04. The van der Waals surface area contributed by atoms with Gasteiger partial charge in [0.15, 0.2) is 5.58 Å². The number of benzene rings is 1. The minimum absolute atomic E-state index is 0.133. The third-order valence-electron chi connectivity index (χ3n) is 4.40. The molecule has 0 unspecified atom stereocenters. The molecular formula is C17H21FN4O2. The summed E-state index contributed by atoms with van der Waals surface area (Å²) < 4.78 is 18.6. The lowest BCUT2D eigenvalue weighted by Gasteiger charge is -2.26. The summed E-state index contributed by atoms with van der Waals surface area (Å²) in [6.45, 7) is 0.709. The molecule has 128 valence electrons. The number of urea groups is 1. The van der Waals surface area contributed by atoms with Gasteiger partial charge >= 0.3 is 12.0 Å². The first-order chi connectivity index (χ1) is 11.6. The van der Waals surface area contributed by atoms with Gasteiger partial charge in [-0.15, -0.1) is 0 Å². The first-order valence-electron chi connectivity index (χ1n) is 8.20. The van der Waals surface area contributed by atoms with E-state index in [1.54, 1.807) is 13.1 Å². The number of aliphatic imine (C=N–C) groups is 1. The quantitative estimate of drug-likeness (QED) is 0.842. The van der Waals surface area contributed by atoms with Gasteiger partial charge in [0.05, 0.1) is 0 Å². The van der Waals surface area contributed by atoms with Crippen molar-refractivity contribution in [2.45, 2.75) is 25.7 Å². The summed E-state index contributed by atoms with van der Waals surface area (Å²) in [5, 5.41) is 5.41. The first kappa shape index (κ1) is 16.4. The fourth-order valence-electron chi connectivity index (χ4n) is 2.98. The Labute approximate surface area is 139 Å². The molecule has 3 rings (SSSR count). The highest BCUT2D eigenvalue weighted by atomic mass is 19.1. The SMILES string of the molecule is CNC(=O)NCC1CCC(/C=N/c2nc3ccc(F)cc3o2)CC1. The smallest absolute Gasteiger partial charge is 0.322 e. The van der Waals surface area contributed by atoms with Crippen molar-refractivity contribution in [1.29, 1.82) is 0 Å². The lowest BCUT2D eigenvalue weighted by atomic mass is 9.82. The van der Waals surface area contributed by atoms with Crippen LogP contribution in [0.15, 0.2) is 27.6 Å². The number of fused-ring (bicyclic) bond motifs is 1. The zero-order valence-electron chi connectivity index (χ0n) is 13.6. The number of halogens is 1. The van der Waals surface area contributed by atoms with E-state index in [9.17, 15) is 9.18 Å². The lowest BCUT2D eigenvalue weighted by Crippen LogP contribution is -2.37. The molecule has 1 fully saturated rings. The van der Waals surface area contributed by atoms with E-state index in [4.69, 9.17) is 4.42 Å². The number of hydrogen-bond donors (Lipinski definition) is 2. The van der Waals surface area contributed by atoms with E-state index < -0.39 is 0 Å². The second-order valence-electron chi connectivity index (χ2n) is 6.13. The molecule has 0 radical (unpaired) electrons. The van der Waals surface area contributed by atoms with E-state index in [1.165, 1.54) is 12.1 Å². The predicted molar refractivity (Wildman–Crippen MR) is 90.0 cm³/mol. The Morgan fingerprint density at radius 1 is 1.42 bits per heavy atom. The van der Waals surface area contributed by atoms with E-state index in [2.05, 4.69) is 20.6 Å². The molecule has 2 amide bonds. The number of aromatic nitrogens is 1. The second kappa shape index (κ2) is 7.42. The molecule has 0 aliphatic heterocycles. The number of nitrogens with one attached hydrogen (secondary N) is 2. The Bertz CT molecular complexity index is 735. The maximum Gasteiger partial charge on any atom is 0.322 e. The molecular weight excluding hydrogens is 311 g/mol. The molecule has 2 aromatic rings. The topological polar surface area (TPSA) is 79.5 Å². The van der Waals surface area contributed by atoms with Crippen LogP contribution in [0.2, 0.25) is 0 Å². The van der Waals surface area contributed by atoms with Crippen molar-refractivity contribution >= 4 is 29.4 Å². The largest absolute Gasteiger partial charge is 0.422 e. The number of hydrogen-bond acceptors (Lipinski definition) is 4. The Hall–Kier alpha value is -2.44. The Balaban J connectivity index is 1.51. The first-order valence-corrected chi connectivity index (χ1v) is 8.20. The van der Waals surface area contributed by atoms with Gasteiger partial charge in [-0.3, -0.25) is 0 Å². The van der Waals surface area contributed by atoms with Gasteiger partial charge in [-0.25, -0.2) is 14.2 Å². The molecule has 1 heterocycles. The van der Waals surface area contributed by atoms with E-state index in [-0.39, 0.29) is 17.9 Å². The normalized spacial score (nSPS) is 21.2. The molecule has 7 heteroatoms.